The Bertz CT molecular complexity index is 537. The van der Waals surface area contributed by atoms with Gasteiger partial charge < -0.3 is 20.7 Å². The van der Waals surface area contributed by atoms with E-state index in [4.69, 9.17) is 10.5 Å². The summed E-state index contributed by atoms with van der Waals surface area (Å²) < 4.78 is 5.16. The van der Waals surface area contributed by atoms with E-state index in [2.05, 4.69) is 17.1 Å². The molecule has 1 saturated heterocycles. The lowest BCUT2D eigenvalue weighted by atomic mass is 9.99. The Morgan fingerprint density at radius 1 is 1.25 bits per heavy atom. The molecule has 0 atom stereocenters. The zero-order chi connectivity index (χ0) is 17.4. The molecule has 24 heavy (non-hydrogen) atoms. The van der Waals surface area contributed by atoms with E-state index in [1.165, 1.54) is 25.9 Å². The van der Waals surface area contributed by atoms with Crippen LogP contribution in [-0.4, -0.2) is 49.5 Å². The first kappa shape index (κ1) is 18.3. The Morgan fingerprint density at radius 2 is 1.92 bits per heavy atom. The smallest absolute Gasteiger partial charge is 0.255 e. The molecular formula is C18H27N3O3. The maximum Gasteiger partial charge on any atom is 0.255 e. The lowest BCUT2D eigenvalue weighted by molar-refractivity contribution is -0.119. The number of nitrogens with two attached hydrogens (primary N) is 1. The fraction of sp³-hybridized carbons (Fsp3) is 0.556. The van der Waals surface area contributed by atoms with Crippen LogP contribution in [0.15, 0.2) is 24.3 Å². The number of hydrogen-bond acceptors (Lipinski definition) is 4. The number of nitrogens with one attached hydrogen (secondary N) is 1. The highest BCUT2D eigenvalue weighted by molar-refractivity contribution is 5.94. The maximum absolute atomic E-state index is 12.1. The summed E-state index contributed by atoms with van der Waals surface area (Å²) in [4.78, 5) is 25.2. The molecule has 6 heteroatoms. The molecule has 3 N–H and O–H groups in total. The Balaban J connectivity index is 1.66. The van der Waals surface area contributed by atoms with Crippen molar-refractivity contribution in [2.45, 2.75) is 26.2 Å². The summed E-state index contributed by atoms with van der Waals surface area (Å²) in [5, 5.41) is 2.94. The highest BCUT2D eigenvalue weighted by Crippen LogP contribution is 2.15. The van der Waals surface area contributed by atoms with Gasteiger partial charge in [-0.3, -0.25) is 9.59 Å². The molecule has 1 aromatic rings. The number of rotatable bonds is 8. The monoisotopic (exact) mass is 333 g/mol. The summed E-state index contributed by atoms with van der Waals surface area (Å²) in [6.07, 6.45) is 3.51. The van der Waals surface area contributed by atoms with Crippen molar-refractivity contribution in [2.75, 3.05) is 32.8 Å². The molecule has 1 aliphatic rings. The molecule has 1 aliphatic heterocycles. The van der Waals surface area contributed by atoms with Gasteiger partial charge in [-0.15, -0.1) is 0 Å². The third kappa shape index (κ3) is 6.20. The van der Waals surface area contributed by atoms with Crippen LogP contribution in [0.25, 0.3) is 0 Å². The van der Waals surface area contributed by atoms with E-state index >= 15 is 0 Å². The van der Waals surface area contributed by atoms with Gasteiger partial charge in [0.05, 0.1) is 0 Å². The predicted octanol–water partition coefficient (Wildman–Crippen LogP) is 1.40. The van der Waals surface area contributed by atoms with Crippen LogP contribution < -0.4 is 15.8 Å². The number of ether oxygens (including phenoxy) is 1. The lowest BCUT2D eigenvalue weighted by Crippen LogP contribution is -2.35. The van der Waals surface area contributed by atoms with Crippen LogP contribution in [0.2, 0.25) is 0 Å². The van der Waals surface area contributed by atoms with Crippen molar-refractivity contribution < 1.29 is 14.3 Å². The molecule has 1 fully saturated rings. The number of amides is 2. The molecular weight excluding hydrogens is 306 g/mol. The molecule has 0 radical (unpaired) electrons. The molecule has 0 unspecified atom stereocenters. The minimum atomic E-state index is -0.528. The van der Waals surface area contributed by atoms with Gasteiger partial charge in [-0.05, 0) is 69.1 Å². The molecule has 1 heterocycles. The van der Waals surface area contributed by atoms with Crippen molar-refractivity contribution >= 4 is 11.8 Å². The van der Waals surface area contributed by atoms with E-state index in [1.54, 1.807) is 24.3 Å². The first-order valence-electron chi connectivity index (χ1n) is 8.56. The Hall–Kier alpha value is -2.08. The van der Waals surface area contributed by atoms with Crippen LogP contribution >= 0.6 is 0 Å². The molecule has 0 aromatic heterocycles. The Morgan fingerprint density at radius 3 is 2.54 bits per heavy atom. The van der Waals surface area contributed by atoms with Gasteiger partial charge in [-0.25, -0.2) is 0 Å². The van der Waals surface area contributed by atoms with Crippen LogP contribution in [0.4, 0.5) is 0 Å². The van der Waals surface area contributed by atoms with E-state index < -0.39 is 5.91 Å². The van der Waals surface area contributed by atoms with E-state index in [1.807, 2.05) is 0 Å². The van der Waals surface area contributed by atoms with E-state index in [9.17, 15) is 9.59 Å². The minimum absolute atomic E-state index is 0.0938. The zero-order valence-corrected chi connectivity index (χ0v) is 14.3. The van der Waals surface area contributed by atoms with Crippen molar-refractivity contribution in [3.05, 3.63) is 29.8 Å². The SMILES string of the molecule is CC1CCN(CCCNC(=O)c2ccc(OCC(N)=O)cc2)CC1. The number of carbonyl (C=O) groups excluding carboxylic acids is 2. The quantitative estimate of drug-likeness (QED) is 0.704. The molecule has 2 rings (SSSR count). The van der Waals surface area contributed by atoms with Gasteiger partial charge in [0.25, 0.3) is 11.8 Å². The second-order valence-electron chi connectivity index (χ2n) is 6.41. The van der Waals surface area contributed by atoms with Gasteiger partial charge in [0.2, 0.25) is 0 Å². The van der Waals surface area contributed by atoms with Gasteiger partial charge in [0.1, 0.15) is 5.75 Å². The van der Waals surface area contributed by atoms with Gasteiger partial charge in [0, 0.05) is 12.1 Å². The topological polar surface area (TPSA) is 84.7 Å². The van der Waals surface area contributed by atoms with Gasteiger partial charge in [-0.1, -0.05) is 6.92 Å². The molecule has 0 spiro atoms. The van der Waals surface area contributed by atoms with Crippen LogP contribution in [-0.2, 0) is 4.79 Å². The predicted molar refractivity (Wildman–Crippen MR) is 92.9 cm³/mol. The molecule has 0 saturated carbocycles. The van der Waals surface area contributed by atoms with E-state index in [-0.39, 0.29) is 12.5 Å². The summed E-state index contributed by atoms with van der Waals surface area (Å²) in [5.74, 6) is 0.740. The summed E-state index contributed by atoms with van der Waals surface area (Å²) in [5.41, 5.74) is 5.59. The van der Waals surface area contributed by atoms with Crippen LogP contribution in [0.3, 0.4) is 0 Å². The highest BCUT2D eigenvalue weighted by atomic mass is 16.5. The first-order chi connectivity index (χ1) is 11.5. The molecule has 2 amide bonds. The molecule has 0 aliphatic carbocycles. The van der Waals surface area contributed by atoms with Gasteiger partial charge in [0.15, 0.2) is 6.61 Å². The summed E-state index contributed by atoms with van der Waals surface area (Å²) in [6.45, 7) is 6.18. The Kier molecular flexibility index (Phi) is 7.06. The average molecular weight is 333 g/mol. The molecule has 1 aromatic carbocycles. The number of carbonyl (C=O) groups is 2. The fourth-order valence-corrected chi connectivity index (χ4v) is 2.75. The van der Waals surface area contributed by atoms with Crippen molar-refractivity contribution in [1.29, 1.82) is 0 Å². The summed E-state index contributed by atoms with van der Waals surface area (Å²) in [7, 11) is 0. The van der Waals surface area contributed by atoms with Gasteiger partial charge >= 0.3 is 0 Å². The standard InChI is InChI=1S/C18H27N3O3/c1-14-7-11-21(12-8-14)10-2-9-20-18(23)15-3-5-16(6-4-15)24-13-17(19)22/h3-6,14H,2,7-13H2,1H3,(H2,19,22)(H,20,23). The summed E-state index contributed by atoms with van der Waals surface area (Å²) >= 11 is 0. The van der Waals surface area contributed by atoms with E-state index in [0.29, 0.717) is 17.9 Å². The third-order valence-corrected chi connectivity index (χ3v) is 4.31. The molecule has 6 nitrogen and oxygen atoms in total. The largest absolute Gasteiger partial charge is 0.484 e. The van der Waals surface area contributed by atoms with Crippen LogP contribution in [0.1, 0.15) is 36.5 Å². The van der Waals surface area contributed by atoms with Gasteiger partial charge in [-0.2, -0.15) is 0 Å². The molecule has 0 bridgehead atoms. The van der Waals surface area contributed by atoms with Crippen molar-refractivity contribution in [3.63, 3.8) is 0 Å². The van der Waals surface area contributed by atoms with E-state index in [0.717, 1.165) is 18.9 Å². The number of nitrogens with zero attached hydrogens (tertiary/aromatic N) is 1. The second kappa shape index (κ2) is 9.27. The van der Waals surface area contributed by atoms with Crippen molar-refractivity contribution in [3.8, 4) is 5.75 Å². The van der Waals surface area contributed by atoms with Crippen molar-refractivity contribution in [1.82, 2.24) is 10.2 Å². The average Bonchev–Trinajstić information content (AvgIpc) is 2.58. The fourth-order valence-electron chi connectivity index (χ4n) is 2.75. The normalized spacial score (nSPS) is 15.9. The Labute approximate surface area is 143 Å². The van der Waals surface area contributed by atoms with Crippen molar-refractivity contribution in [2.24, 2.45) is 11.7 Å². The summed E-state index contributed by atoms with van der Waals surface area (Å²) in [6, 6.07) is 6.68. The lowest BCUT2D eigenvalue weighted by Gasteiger charge is -2.30. The maximum atomic E-state index is 12.1. The molecule has 132 valence electrons. The minimum Gasteiger partial charge on any atom is -0.484 e. The number of hydrogen-bond donors (Lipinski definition) is 2. The second-order valence-corrected chi connectivity index (χ2v) is 6.41. The highest BCUT2D eigenvalue weighted by Gasteiger charge is 2.15. The third-order valence-electron chi connectivity index (χ3n) is 4.31. The number of likely N-dealkylation sites (tertiary alicyclic amines) is 1. The number of primary amides is 1. The van der Waals surface area contributed by atoms with Crippen LogP contribution in [0, 0.1) is 5.92 Å². The zero-order valence-electron chi connectivity index (χ0n) is 14.3. The van der Waals surface area contributed by atoms with Crippen LogP contribution in [0.5, 0.6) is 5.75 Å². The number of piperidine rings is 1. The first-order valence-corrected chi connectivity index (χ1v) is 8.56. The number of benzene rings is 1.